The molecule has 5 nitrogen and oxygen atoms in total. The molecule has 2 rings (SSSR count). The summed E-state index contributed by atoms with van der Waals surface area (Å²) in [6, 6.07) is 6.49. The molecule has 2 aromatic rings. The van der Waals surface area contributed by atoms with E-state index in [0.717, 1.165) is 11.3 Å². The zero-order valence-electron chi connectivity index (χ0n) is 10.5. The maximum absolute atomic E-state index is 12.0. The SMILES string of the molecule is COC(=O)c1ccc(C(=O)N[C@@H](C)c2ccco2)s1. The minimum absolute atomic E-state index is 0.230. The first kappa shape index (κ1) is 13.4. The summed E-state index contributed by atoms with van der Waals surface area (Å²) in [7, 11) is 1.31. The number of hydrogen-bond donors (Lipinski definition) is 1. The van der Waals surface area contributed by atoms with Crippen LogP contribution < -0.4 is 5.32 Å². The van der Waals surface area contributed by atoms with E-state index in [1.165, 1.54) is 7.11 Å². The van der Waals surface area contributed by atoms with Crippen molar-refractivity contribution < 1.29 is 18.7 Å². The van der Waals surface area contributed by atoms with Crippen molar-refractivity contribution in [3.05, 3.63) is 46.0 Å². The molecule has 0 unspecified atom stereocenters. The van der Waals surface area contributed by atoms with E-state index in [1.54, 1.807) is 30.5 Å². The molecular weight excluding hydrogens is 266 g/mol. The Labute approximate surface area is 114 Å². The van der Waals surface area contributed by atoms with Crippen LogP contribution in [0.5, 0.6) is 0 Å². The van der Waals surface area contributed by atoms with Gasteiger partial charge in [0.05, 0.1) is 24.3 Å². The lowest BCUT2D eigenvalue weighted by atomic mass is 10.2. The van der Waals surface area contributed by atoms with Gasteiger partial charge in [-0.1, -0.05) is 0 Å². The van der Waals surface area contributed by atoms with Crippen molar-refractivity contribution >= 4 is 23.2 Å². The molecule has 0 spiro atoms. The molecule has 0 saturated carbocycles. The maximum Gasteiger partial charge on any atom is 0.348 e. The topological polar surface area (TPSA) is 68.5 Å². The number of carbonyl (C=O) groups is 2. The summed E-state index contributed by atoms with van der Waals surface area (Å²) in [4.78, 5) is 24.1. The lowest BCUT2D eigenvalue weighted by Gasteiger charge is -2.09. The molecule has 0 radical (unpaired) electrons. The number of nitrogens with one attached hydrogen (secondary N) is 1. The Morgan fingerprint density at radius 3 is 2.68 bits per heavy atom. The molecule has 0 bridgehead atoms. The molecule has 19 heavy (non-hydrogen) atoms. The minimum Gasteiger partial charge on any atom is -0.467 e. The molecule has 0 saturated heterocycles. The second kappa shape index (κ2) is 5.71. The van der Waals surface area contributed by atoms with Crippen molar-refractivity contribution in [1.82, 2.24) is 5.32 Å². The first-order valence-electron chi connectivity index (χ1n) is 5.64. The van der Waals surface area contributed by atoms with Gasteiger partial charge in [0.25, 0.3) is 5.91 Å². The Bertz CT molecular complexity index is 573. The molecule has 0 fully saturated rings. The summed E-state index contributed by atoms with van der Waals surface area (Å²) >= 11 is 1.10. The third-order valence-electron chi connectivity index (χ3n) is 2.53. The van der Waals surface area contributed by atoms with E-state index in [0.29, 0.717) is 15.5 Å². The number of esters is 1. The summed E-state index contributed by atoms with van der Waals surface area (Å²) in [6.07, 6.45) is 1.55. The molecule has 2 aromatic heterocycles. The van der Waals surface area contributed by atoms with Gasteiger partial charge in [0.15, 0.2) is 0 Å². The van der Waals surface area contributed by atoms with Crippen LogP contribution in [0.1, 0.15) is 38.1 Å². The van der Waals surface area contributed by atoms with Crippen molar-refractivity contribution in [1.29, 1.82) is 0 Å². The van der Waals surface area contributed by atoms with Gasteiger partial charge in [-0.3, -0.25) is 4.79 Å². The first-order valence-corrected chi connectivity index (χ1v) is 6.46. The minimum atomic E-state index is -0.442. The lowest BCUT2D eigenvalue weighted by Crippen LogP contribution is -2.25. The van der Waals surface area contributed by atoms with Gasteiger partial charge in [0.2, 0.25) is 0 Å². The highest BCUT2D eigenvalue weighted by Gasteiger charge is 2.17. The van der Waals surface area contributed by atoms with Crippen LogP contribution in [0.4, 0.5) is 0 Å². The van der Waals surface area contributed by atoms with Crippen LogP contribution in [-0.2, 0) is 4.74 Å². The molecule has 0 aromatic carbocycles. The molecular formula is C13H13NO4S. The molecule has 0 aliphatic heterocycles. The van der Waals surface area contributed by atoms with Gasteiger partial charge in [-0.25, -0.2) is 4.79 Å². The summed E-state index contributed by atoms with van der Waals surface area (Å²) in [6.45, 7) is 1.82. The number of rotatable bonds is 4. The van der Waals surface area contributed by atoms with Gasteiger partial charge in [-0.05, 0) is 31.2 Å². The fraction of sp³-hybridized carbons (Fsp3) is 0.231. The fourth-order valence-electron chi connectivity index (χ4n) is 1.55. The largest absolute Gasteiger partial charge is 0.467 e. The lowest BCUT2D eigenvalue weighted by molar-refractivity contribution is 0.0606. The fourth-order valence-corrected chi connectivity index (χ4v) is 2.37. The highest BCUT2D eigenvalue weighted by molar-refractivity contribution is 7.15. The molecule has 0 aliphatic carbocycles. The van der Waals surface area contributed by atoms with Crippen molar-refractivity contribution in [3.63, 3.8) is 0 Å². The Hall–Kier alpha value is -2.08. The summed E-state index contributed by atoms with van der Waals surface area (Å²) in [5, 5.41) is 2.79. The Kier molecular flexibility index (Phi) is 4.01. The van der Waals surface area contributed by atoms with Gasteiger partial charge in [0, 0.05) is 0 Å². The quantitative estimate of drug-likeness (QED) is 0.873. The van der Waals surface area contributed by atoms with Crippen LogP contribution in [-0.4, -0.2) is 19.0 Å². The van der Waals surface area contributed by atoms with Crippen LogP contribution in [0, 0.1) is 0 Å². The van der Waals surface area contributed by atoms with Crippen molar-refractivity contribution in [3.8, 4) is 0 Å². The molecule has 1 atom stereocenters. The second-order valence-corrected chi connectivity index (χ2v) is 4.95. The molecule has 100 valence electrons. The predicted octanol–water partition coefficient (Wildman–Crippen LogP) is 2.62. The molecule has 1 amide bonds. The van der Waals surface area contributed by atoms with Gasteiger partial charge < -0.3 is 14.5 Å². The van der Waals surface area contributed by atoms with E-state index in [2.05, 4.69) is 10.1 Å². The monoisotopic (exact) mass is 279 g/mol. The Balaban J connectivity index is 2.04. The molecule has 0 aliphatic rings. The third kappa shape index (κ3) is 3.03. The number of methoxy groups -OCH3 is 1. The van der Waals surface area contributed by atoms with E-state index in [9.17, 15) is 9.59 Å². The number of thiophene rings is 1. The maximum atomic E-state index is 12.0. The number of hydrogen-bond acceptors (Lipinski definition) is 5. The van der Waals surface area contributed by atoms with Crippen LogP contribution in [0.25, 0.3) is 0 Å². The van der Waals surface area contributed by atoms with Crippen LogP contribution in [0.3, 0.4) is 0 Å². The van der Waals surface area contributed by atoms with E-state index in [-0.39, 0.29) is 11.9 Å². The smallest absolute Gasteiger partial charge is 0.348 e. The second-order valence-electron chi connectivity index (χ2n) is 3.87. The van der Waals surface area contributed by atoms with Gasteiger partial charge >= 0.3 is 5.97 Å². The highest BCUT2D eigenvalue weighted by Crippen LogP contribution is 2.19. The summed E-state index contributed by atoms with van der Waals surface area (Å²) < 4.78 is 9.80. The number of furan rings is 1. The van der Waals surface area contributed by atoms with E-state index < -0.39 is 5.97 Å². The van der Waals surface area contributed by atoms with Gasteiger partial charge in [-0.2, -0.15) is 0 Å². The standard InChI is InChI=1S/C13H13NO4S/c1-8(9-4-3-7-18-9)14-12(15)10-5-6-11(19-10)13(16)17-2/h3-8H,1-2H3,(H,14,15)/t8-/m0/s1. The van der Waals surface area contributed by atoms with Gasteiger partial charge in [0.1, 0.15) is 10.6 Å². The Morgan fingerprint density at radius 1 is 1.32 bits per heavy atom. The number of amides is 1. The van der Waals surface area contributed by atoms with Crippen LogP contribution in [0.15, 0.2) is 34.9 Å². The predicted molar refractivity (Wildman–Crippen MR) is 70.2 cm³/mol. The van der Waals surface area contributed by atoms with E-state index in [1.807, 2.05) is 6.92 Å². The summed E-state index contributed by atoms with van der Waals surface area (Å²) in [5.41, 5.74) is 0. The third-order valence-corrected chi connectivity index (χ3v) is 3.60. The zero-order valence-corrected chi connectivity index (χ0v) is 11.3. The van der Waals surface area contributed by atoms with Crippen molar-refractivity contribution in [2.45, 2.75) is 13.0 Å². The first-order chi connectivity index (χ1) is 9.11. The molecule has 1 N–H and O–H groups in total. The van der Waals surface area contributed by atoms with Gasteiger partial charge in [-0.15, -0.1) is 11.3 Å². The normalized spacial score (nSPS) is 11.9. The Morgan fingerprint density at radius 2 is 2.05 bits per heavy atom. The zero-order chi connectivity index (χ0) is 13.8. The molecule has 6 heteroatoms. The highest BCUT2D eigenvalue weighted by atomic mass is 32.1. The molecule has 2 heterocycles. The van der Waals surface area contributed by atoms with E-state index >= 15 is 0 Å². The van der Waals surface area contributed by atoms with E-state index in [4.69, 9.17) is 4.42 Å². The van der Waals surface area contributed by atoms with Crippen molar-refractivity contribution in [2.75, 3.05) is 7.11 Å². The number of ether oxygens (including phenoxy) is 1. The van der Waals surface area contributed by atoms with Crippen molar-refractivity contribution in [2.24, 2.45) is 0 Å². The van der Waals surface area contributed by atoms with Crippen LogP contribution >= 0.6 is 11.3 Å². The summed E-state index contributed by atoms with van der Waals surface area (Å²) in [5.74, 6) is -0.00900. The average molecular weight is 279 g/mol. The van der Waals surface area contributed by atoms with Crippen LogP contribution in [0.2, 0.25) is 0 Å². The number of carbonyl (C=O) groups excluding carboxylic acids is 2. The average Bonchev–Trinajstić information content (AvgIpc) is 3.08.